The largest absolute Gasteiger partial charge is 0.408 e. The van der Waals surface area contributed by atoms with Crippen LogP contribution < -0.4 is 0 Å². The Balaban J connectivity index is 1.65. The van der Waals surface area contributed by atoms with E-state index in [-0.39, 0.29) is 30.8 Å². The summed E-state index contributed by atoms with van der Waals surface area (Å²) in [5.74, 6) is -2.11. The van der Waals surface area contributed by atoms with Crippen LogP contribution in [0.2, 0.25) is 19.1 Å². The Labute approximate surface area is 294 Å². The molecule has 4 aliphatic rings. The lowest BCUT2D eigenvalue weighted by molar-refractivity contribution is -0.411. The standard InChI is InChI=1S/C41H58O7Si/c1-11-49(9,10)48-40-24-31(42)28(3)41(43,37(40,4)5)36(45-26-30-20-16-13-17-21-30)35-39(8)32(46-38(6,7)47-35)23-22-27(2)33(39)34(40)44-25-29-18-14-12-15-19-29/h12-21,28,32-36,43H,2,11,22-26H2,1,3-10H3/t28-,32-,33+,34-,35-,36-,39-,40-,41+/m1/s1. The van der Waals surface area contributed by atoms with Gasteiger partial charge in [-0.25, -0.2) is 0 Å². The maximum Gasteiger partial charge on any atom is 0.187 e. The fraction of sp³-hybridized carbons (Fsp3) is 0.634. The Morgan fingerprint density at radius 2 is 1.45 bits per heavy atom. The van der Waals surface area contributed by atoms with Crippen LogP contribution in [0.4, 0.5) is 0 Å². The summed E-state index contributed by atoms with van der Waals surface area (Å²) >= 11 is 0. The number of hydrogen-bond acceptors (Lipinski definition) is 7. The summed E-state index contributed by atoms with van der Waals surface area (Å²) in [7, 11) is -2.44. The maximum atomic E-state index is 14.7. The number of rotatable bonds is 9. The van der Waals surface area contributed by atoms with Crippen molar-refractivity contribution in [3.05, 3.63) is 83.9 Å². The van der Waals surface area contributed by atoms with E-state index in [1.165, 1.54) is 0 Å². The highest BCUT2D eigenvalue weighted by atomic mass is 28.4. The van der Waals surface area contributed by atoms with E-state index in [4.69, 9.17) is 30.0 Å². The molecule has 2 aromatic rings. The van der Waals surface area contributed by atoms with Gasteiger partial charge in [0.25, 0.3) is 0 Å². The van der Waals surface area contributed by atoms with Crippen LogP contribution in [0.15, 0.2) is 72.8 Å². The molecular weight excluding hydrogens is 633 g/mol. The summed E-state index contributed by atoms with van der Waals surface area (Å²) in [6.45, 7) is 24.0. The van der Waals surface area contributed by atoms with Crippen LogP contribution in [0.5, 0.6) is 0 Å². The molecule has 0 amide bonds. The third kappa shape index (κ3) is 5.83. The quantitative estimate of drug-likeness (QED) is 0.211. The molecule has 1 saturated heterocycles. The molecule has 49 heavy (non-hydrogen) atoms. The average molecular weight is 691 g/mol. The van der Waals surface area contributed by atoms with E-state index in [2.05, 4.69) is 52.9 Å². The van der Waals surface area contributed by atoms with E-state index < -0.39 is 60.4 Å². The number of ketones is 1. The molecule has 3 aliphatic carbocycles. The molecule has 0 radical (unpaired) electrons. The van der Waals surface area contributed by atoms with Crippen molar-refractivity contribution in [1.82, 2.24) is 0 Å². The molecule has 2 aromatic carbocycles. The Hall–Kier alpha value is -2.17. The van der Waals surface area contributed by atoms with Crippen LogP contribution in [0.25, 0.3) is 0 Å². The van der Waals surface area contributed by atoms with Gasteiger partial charge in [0.15, 0.2) is 14.1 Å². The number of carbonyl (C=O) groups excluding carboxylic acids is 1. The van der Waals surface area contributed by atoms with Crippen LogP contribution >= 0.6 is 0 Å². The summed E-state index contributed by atoms with van der Waals surface area (Å²) in [6, 6.07) is 21.0. The van der Waals surface area contributed by atoms with Gasteiger partial charge in [-0.3, -0.25) is 4.79 Å². The summed E-state index contributed by atoms with van der Waals surface area (Å²) in [5.41, 5.74) is -1.68. The lowest BCUT2D eigenvalue weighted by Gasteiger charge is -2.72. The van der Waals surface area contributed by atoms with E-state index in [0.717, 1.165) is 35.6 Å². The molecule has 6 rings (SSSR count). The molecule has 8 heteroatoms. The second-order valence-corrected chi connectivity index (χ2v) is 21.4. The van der Waals surface area contributed by atoms with Crippen LogP contribution in [-0.2, 0) is 41.4 Å². The minimum Gasteiger partial charge on any atom is -0.408 e. The topological polar surface area (TPSA) is 83.5 Å². The van der Waals surface area contributed by atoms with Crippen LogP contribution in [0.1, 0.15) is 78.9 Å². The zero-order valence-corrected chi connectivity index (χ0v) is 32.1. The highest BCUT2D eigenvalue weighted by Gasteiger charge is 2.78. The van der Waals surface area contributed by atoms with E-state index in [9.17, 15) is 9.90 Å². The van der Waals surface area contributed by atoms with Crippen molar-refractivity contribution in [1.29, 1.82) is 0 Å². The molecule has 1 N–H and O–H groups in total. The lowest BCUT2D eigenvalue weighted by Crippen LogP contribution is -2.84. The Bertz CT molecular complexity index is 1520. The summed E-state index contributed by atoms with van der Waals surface area (Å²) in [6.07, 6.45) is -0.841. The first kappa shape index (κ1) is 36.6. The number of carbonyl (C=O) groups is 1. The molecule has 1 aliphatic heterocycles. The molecule has 9 atom stereocenters. The number of fused-ring (bicyclic) bond motifs is 2. The van der Waals surface area contributed by atoms with Gasteiger partial charge in [-0.15, -0.1) is 0 Å². The van der Waals surface area contributed by atoms with Gasteiger partial charge in [0.05, 0.1) is 37.1 Å². The van der Waals surface area contributed by atoms with E-state index in [0.29, 0.717) is 6.61 Å². The Kier molecular flexibility index (Phi) is 9.56. The smallest absolute Gasteiger partial charge is 0.187 e. The number of Topliss-reactive ketones (excluding diaryl/α,β-unsaturated/α-hetero) is 1. The molecule has 0 aromatic heterocycles. The van der Waals surface area contributed by atoms with Gasteiger partial charge < -0.3 is 28.5 Å². The molecule has 3 saturated carbocycles. The monoisotopic (exact) mass is 690 g/mol. The van der Waals surface area contributed by atoms with Crippen molar-refractivity contribution in [2.24, 2.45) is 22.7 Å². The molecule has 4 fully saturated rings. The van der Waals surface area contributed by atoms with Crippen molar-refractivity contribution in [3.8, 4) is 0 Å². The number of aliphatic hydroxyl groups is 1. The third-order valence-corrected chi connectivity index (χ3v) is 15.6. The van der Waals surface area contributed by atoms with Gasteiger partial charge in [-0.2, -0.15) is 0 Å². The summed E-state index contributed by atoms with van der Waals surface area (Å²) in [4.78, 5) is 14.7. The number of ether oxygens (including phenoxy) is 4. The van der Waals surface area contributed by atoms with E-state index in [1.54, 1.807) is 0 Å². The van der Waals surface area contributed by atoms with Gasteiger partial charge in [0.1, 0.15) is 17.5 Å². The highest BCUT2D eigenvalue weighted by Crippen LogP contribution is 2.67. The second-order valence-electron chi connectivity index (χ2n) is 16.9. The second kappa shape index (κ2) is 12.8. The van der Waals surface area contributed by atoms with Crippen molar-refractivity contribution in [3.63, 3.8) is 0 Å². The number of hydrogen-bond donors (Lipinski definition) is 1. The maximum absolute atomic E-state index is 14.7. The fourth-order valence-electron chi connectivity index (χ4n) is 9.77. The van der Waals surface area contributed by atoms with Gasteiger partial charge in [0.2, 0.25) is 0 Å². The zero-order chi connectivity index (χ0) is 35.6. The third-order valence-electron chi connectivity index (χ3n) is 12.9. The predicted octanol–water partition coefficient (Wildman–Crippen LogP) is 8.01. The van der Waals surface area contributed by atoms with Crippen molar-refractivity contribution in [2.75, 3.05) is 0 Å². The Morgan fingerprint density at radius 1 is 0.898 bits per heavy atom. The molecule has 7 nitrogen and oxygen atoms in total. The fourth-order valence-corrected chi connectivity index (χ4v) is 11.3. The van der Waals surface area contributed by atoms with Crippen LogP contribution in [0.3, 0.4) is 0 Å². The summed E-state index contributed by atoms with van der Waals surface area (Å²) < 4.78 is 35.8. The van der Waals surface area contributed by atoms with Crippen molar-refractivity contribution < 1.29 is 33.3 Å². The molecular formula is C41H58O7Si. The first-order valence-electron chi connectivity index (χ1n) is 18.2. The predicted molar refractivity (Wildman–Crippen MR) is 193 cm³/mol. The zero-order valence-electron chi connectivity index (χ0n) is 31.1. The molecule has 0 spiro atoms. The van der Waals surface area contributed by atoms with Gasteiger partial charge in [-0.05, 0) is 57.0 Å². The van der Waals surface area contributed by atoms with Gasteiger partial charge in [0, 0.05) is 29.1 Å². The van der Waals surface area contributed by atoms with Crippen LogP contribution in [0, 0.1) is 22.7 Å². The number of benzene rings is 2. The lowest BCUT2D eigenvalue weighted by atomic mass is 9.42. The highest BCUT2D eigenvalue weighted by molar-refractivity contribution is 6.71. The first-order chi connectivity index (χ1) is 22.9. The molecule has 0 unspecified atom stereocenters. The minimum absolute atomic E-state index is 0.0581. The minimum atomic E-state index is -2.44. The SMILES string of the molecule is C=C1CC[C@H]2OC(C)(C)O[C@@H]3[C@@H](OCc4ccccc4)[C@@]4(O)[C@H](C)C(=O)C[C@@](O[Si](C)(C)CC)([C@H](OCc5ccccc5)[C@H]1[C@]32C)C4(C)C. The molecule has 2 bridgehead atoms. The van der Waals surface area contributed by atoms with E-state index in [1.807, 2.05) is 69.3 Å². The average Bonchev–Trinajstić information content (AvgIpc) is 3.05. The van der Waals surface area contributed by atoms with Gasteiger partial charge in [-0.1, -0.05) is 107 Å². The summed E-state index contributed by atoms with van der Waals surface area (Å²) in [5, 5.41) is 13.8. The van der Waals surface area contributed by atoms with E-state index >= 15 is 0 Å². The van der Waals surface area contributed by atoms with Gasteiger partial charge >= 0.3 is 0 Å². The van der Waals surface area contributed by atoms with Crippen LogP contribution in [-0.4, -0.2) is 60.6 Å². The molecule has 268 valence electrons. The molecule has 1 heterocycles. The Morgan fingerprint density at radius 3 is 2.00 bits per heavy atom. The normalized spacial score (nSPS) is 38.3. The first-order valence-corrected chi connectivity index (χ1v) is 21.3. The van der Waals surface area contributed by atoms with Crippen molar-refractivity contribution >= 4 is 14.1 Å². The van der Waals surface area contributed by atoms with Crippen molar-refractivity contribution in [2.45, 2.75) is 141 Å².